The van der Waals surface area contributed by atoms with E-state index in [9.17, 15) is 4.79 Å². The summed E-state index contributed by atoms with van der Waals surface area (Å²) in [4.78, 5) is 12.2. The number of hydrogen-bond donors (Lipinski definition) is 1. The van der Waals surface area contributed by atoms with Gasteiger partial charge in [-0.25, -0.2) is 0 Å². The Morgan fingerprint density at radius 2 is 1.84 bits per heavy atom. The van der Waals surface area contributed by atoms with Crippen molar-refractivity contribution in [1.82, 2.24) is 5.32 Å². The summed E-state index contributed by atoms with van der Waals surface area (Å²) < 4.78 is 27.3. The van der Waals surface area contributed by atoms with Gasteiger partial charge in [0.2, 0.25) is 12.9 Å². The van der Waals surface area contributed by atoms with E-state index in [1.165, 1.54) is 0 Å². The van der Waals surface area contributed by atoms with Gasteiger partial charge in [0.15, 0.2) is 23.0 Å². The van der Waals surface area contributed by atoms with E-state index in [2.05, 4.69) is 5.32 Å². The van der Waals surface area contributed by atoms with Crippen LogP contribution in [0.4, 0.5) is 0 Å². The molecule has 2 aromatic carbocycles. The molecule has 0 aromatic heterocycles. The number of benzene rings is 2. The van der Waals surface area contributed by atoms with Crippen LogP contribution >= 0.6 is 0 Å². The second-order valence-electron chi connectivity index (χ2n) is 5.52. The summed E-state index contributed by atoms with van der Waals surface area (Å²) in [5.41, 5.74) is 0. The molecule has 7 nitrogen and oxygen atoms in total. The molecule has 0 saturated carbocycles. The molecule has 1 atom stereocenters. The maximum absolute atomic E-state index is 12.2. The molecule has 0 saturated heterocycles. The summed E-state index contributed by atoms with van der Waals surface area (Å²) in [6, 6.07) is 12.6. The van der Waals surface area contributed by atoms with Crippen molar-refractivity contribution >= 4 is 5.91 Å². The second kappa shape index (κ2) is 6.80. The second-order valence-corrected chi connectivity index (χ2v) is 5.52. The first-order chi connectivity index (χ1) is 12.3. The van der Waals surface area contributed by atoms with E-state index < -0.39 is 6.10 Å². The molecule has 2 aromatic rings. The average molecular weight is 343 g/mol. The standard InChI is InChI=1S/C18H17NO6/c20-18(17-10-22-13-3-1-2-4-15(13)25-17)19-7-8-21-12-5-6-14-16(9-12)24-11-23-14/h1-6,9,17H,7-8,10-11H2,(H,19,20)/t17-/m0/s1. The van der Waals surface area contributed by atoms with Gasteiger partial charge in [0.25, 0.3) is 5.91 Å². The highest BCUT2D eigenvalue weighted by Crippen LogP contribution is 2.35. The summed E-state index contributed by atoms with van der Waals surface area (Å²) in [6.45, 7) is 1.09. The molecule has 2 aliphatic rings. The molecule has 2 aliphatic heterocycles. The lowest BCUT2D eigenvalue weighted by atomic mass is 10.2. The van der Waals surface area contributed by atoms with Gasteiger partial charge in [0, 0.05) is 6.07 Å². The van der Waals surface area contributed by atoms with Crippen molar-refractivity contribution in [3.05, 3.63) is 42.5 Å². The molecule has 25 heavy (non-hydrogen) atoms. The van der Waals surface area contributed by atoms with Crippen molar-refractivity contribution in [3.63, 3.8) is 0 Å². The van der Waals surface area contributed by atoms with E-state index in [0.29, 0.717) is 41.9 Å². The third-order valence-electron chi connectivity index (χ3n) is 3.82. The molecule has 0 fully saturated rings. The molecular weight excluding hydrogens is 326 g/mol. The SMILES string of the molecule is O=C(NCCOc1ccc2c(c1)OCO2)[C@@H]1COc2ccccc2O1. The van der Waals surface area contributed by atoms with E-state index in [1.807, 2.05) is 18.2 Å². The smallest absolute Gasteiger partial charge is 0.264 e. The number of nitrogens with one attached hydrogen (secondary N) is 1. The zero-order valence-corrected chi connectivity index (χ0v) is 13.4. The fraction of sp³-hybridized carbons (Fsp3) is 0.278. The molecule has 4 rings (SSSR count). The average Bonchev–Trinajstić information content (AvgIpc) is 3.12. The van der Waals surface area contributed by atoms with Crippen LogP contribution in [0.2, 0.25) is 0 Å². The van der Waals surface area contributed by atoms with E-state index >= 15 is 0 Å². The van der Waals surface area contributed by atoms with Crippen molar-refractivity contribution in [1.29, 1.82) is 0 Å². The largest absolute Gasteiger partial charge is 0.492 e. The fourth-order valence-electron chi connectivity index (χ4n) is 2.57. The predicted octanol–water partition coefficient (Wildman–Crippen LogP) is 1.75. The van der Waals surface area contributed by atoms with E-state index in [0.717, 1.165) is 0 Å². The molecule has 1 amide bonds. The highest BCUT2D eigenvalue weighted by Gasteiger charge is 2.26. The number of carbonyl (C=O) groups is 1. The minimum absolute atomic E-state index is 0.186. The first kappa shape index (κ1) is 15.4. The molecule has 1 N–H and O–H groups in total. The minimum Gasteiger partial charge on any atom is -0.492 e. The van der Waals surface area contributed by atoms with Crippen molar-refractivity contribution in [2.45, 2.75) is 6.10 Å². The Labute approximate surface area is 144 Å². The molecule has 0 radical (unpaired) electrons. The van der Waals surface area contributed by atoms with Gasteiger partial charge in [-0.1, -0.05) is 12.1 Å². The summed E-state index contributed by atoms with van der Waals surface area (Å²) in [6.07, 6.45) is -0.666. The van der Waals surface area contributed by atoms with Gasteiger partial charge >= 0.3 is 0 Å². The van der Waals surface area contributed by atoms with Crippen LogP contribution in [0.5, 0.6) is 28.7 Å². The van der Waals surface area contributed by atoms with Gasteiger partial charge in [0.05, 0.1) is 6.54 Å². The van der Waals surface area contributed by atoms with Gasteiger partial charge in [-0.3, -0.25) is 4.79 Å². The van der Waals surface area contributed by atoms with Crippen LogP contribution in [0.1, 0.15) is 0 Å². The lowest BCUT2D eigenvalue weighted by Gasteiger charge is -2.25. The Balaban J connectivity index is 1.23. The number of carbonyl (C=O) groups excluding carboxylic acids is 1. The van der Waals surface area contributed by atoms with Crippen LogP contribution in [-0.4, -0.2) is 38.6 Å². The van der Waals surface area contributed by atoms with Crippen molar-refractivity contribution in [2.24, 2.45) is 0 Å². The molecule has 0 bridgehead atoms. The minimum atomic E-state index is -0.666. The van der Waals surface area contributed by atoms with Crippen molar-refractivity contribution in [3.8, 4) is 28.7 Å². The molecular formula is C18H17NO6. The Kier molecular flexibility index (Phi) is 4.20. The summed E-state index contributed by atoms with van der Waals surface area (Å²) in [5, 5.41) is 2.78. The van der Waals surface area contributed by atoms with E-state index in [4.69, 9.17) is 23.7 Å². The Hall–Kier alpha value is -3.09. The van der Waals surface area contributed by atoms with Crippen LogP contribution in [0.25, 0.3) is 0 Å². The van der Waals surface area contributed by atoms with Gasteiger partial charge < -0.3 is 29.0 Å². The zero-order valence-electron chi connectivity index (χ0n) is 13.4. The predicted molar refractivity (Wildman–Crippen MR) is 87.4 cm³/mol. The third-order valence-corrected chi connectivity index (χ3v) is 3.82. The van der Waals surface area contributed by atoms with Crippen molar-refractivity contribution < 1.29 is 28.5 Å². The number of amides is 1. The van der Waals surface area contributed by atoms with Crippen LogP contribution < -0.4 is 29.0 Å². The first-order valence-electron chi connectivity index (χ1n) is 7.98. The molecule has 0 spiro atoms. The monoisotopic (exact) mass is 343 g/mol. The lowest BCUT2D eigenvalue weighted by molar-refractivity contribution is -0.130. The molecule has 2 heterocycles. The molecule has 0 aliphatic carbocycles. The maximum atomic E-state index is 12.2. The van der Waals surface area contributed by atoms with Crippen molar-refractivity contribution in [2.75, 3.05) is 26.6 Å². The number of ether oxygens (including phenoxy) is 5. The van der Waals surface area contributed by atoms with Crippen LogP contribution in [-0.2, 0) is 4.79 Å². The number of fused-ring (bicyclic) bond motifs is 2. The van der Waals surface area contributed by atoms with Gasteiger partial charge in [-0.2, -0.15) is 0 Å². The zero-order chi connectivity index (χ0) is 17.1. The Morgan fingerprint density at radius 3 is 2.76 bits per heavy atom. The number of para-hydroxylation sites is 2. The first-order valence-corrected chi connectivity index (χ1v) is 7.98. The van der Waals surface area contributed by atoms with Crippen LogP contribution in [0, 0.1) is 0 Å². The summed E-state index contributed by atoms with van der Waals surface area (Å²) in [7, 11) is 0. The van der Waals surface area contributed by atoms with Gasteiger partial charge in [-0.05, 0) is 24.3 Å². The Bertz CT molecular complexity index is 778. The molecule has 7 heteroatoms. The van der Waals surface area contributed by atoms with Crippen LogP contribution in [0.3, 0.4) is 0 Å². The quantitative estimate of drug-likeness (QED) is 0.834. The lowest BCUT2D eigenvalue weighted by Crippen LogP contribution is -2.45. The summed E-state index contributed by atoms with van der Waals surface area (Å²) >= 11 is 0. The van der Waals surface area contributed by atoms with Gasteiger partial charge in [-0.15, -0.1) is 0 Å². The molecule has 0 unspecified atom stereocenters. The fourth-order valence-corrected chi connectivity index (χ4v) is 2.57. The van der Waals surface area contributed by atoms with Gasteiger partial charge in [0.1, 0.15) is 19.0 Å². The highest BCUT2D eigenvalue weighted by molar-refractivity contribution is 5.81. The normalized spacial score (nSPS) is 17.0. The van der Waals surface area contributed by atoms with Crippen LogP contribution in [0.15, 0.2) is 42.5 Å². The number of rotatable bonds is 5. The maximum Gasteiger partial charge on any atom is 0.264 e. The number of hydrogen-bond acceptors (Lipinski definition) is 6. The highest BCUT2D eigenvalue weighted by atomic mass is 16.7. The molecule has 130 valence electrons. The van der Waals surface area contributed by atoms with E-state index in [1.54, 1.807) is 24.3 Å². The topological polar surface area (TPSA) is 75.3 Å². The van der Waals surface area contributed by atoms with E-state index in [-0.39, 0.29) is 19.3 Å². The third kappa shape index (κ3) is 3.40. The Morgan fingerprint density at radius 1 is 1.04 bits per heavy atom. The summed E-state index contributed by atoms with van der Waals surface area (Å²) in [5.74, 6) is 3.01.